The van der Waals surface area contributed by atoms with Crippen LogP contribution in [0.4, 0.5) is 0 Å². The Bertz CT molecular complexity index is 620. The van der Waals surface area contributed by atoms with Crippen LogP contribution in [-0.2, 0) is 19.3 Å². The van der Waals surface area contributed by atoms with Gasteiger partial charge in [0, 0.05) is 16.2 Å². The van der Waals surface area contributed by atoms with Crippen molar-refractivity contribution in [2.75, 3.05) is 0 Å². The number of ether oxygens (including phenoxy) is 1. The second-order valence-corrected chi connectivity index (χ2v) is 8.07. The van der Waals surface area contributed by atoms with Gasteiger partial charge in [-0.1, -0.05) is 20.8 Å². The maximum Gasteiger partial charge on any atom is 0.261 e. The highest BCUT2D eigenvalue weighted by Gasteiger charge is 2.24. The molecule has 7 heteroatoms. The summed E-state index contributed by atoms with van der Waals surface area (Å²) in [5, 5.41) is 0. The van der Waals surface area contributed by atoms with E-state index in [9.17, 15) is 13.2 Å². The van der Waals surface area contributed by atoms with E-state index >= 15 is 0 Å². The summed E-state index contributed by atoms with van der Waals surface area (Å²) < 4.78 is 28.3. The van der Waals surface area contributed by atoms with E-state index in [0.29, 0.717) is 11.3 Å². The maximum atomic E-state index is 11.4. The van der Waals surface area contributed by atoms with Crippen LogP contribution in [0.2, 0.25) is 0 Å². The number of hydrogen-bond acceptors (Lipinski definition) is 4. The van der Waals surface area contributed by atoms with Gasteiger partial charge in [0.1, 0.15) is 5.75 Å². The summed E-state index contributed by atoms with van der Waals surface area (Å²) in [7, 11) is 1.52. The highest BCUT2D eigenvalue weighted by molar-refractivity contribution is 8.13. The molecular formula is C13H18ClNO4S. The molecule has 0 aliphatic rings. The normalized spacial score (nSPS) is 13.8. The molecule has 1 aromatic rings. The van der Waals surface area contributed by atoms with Crippen LogP contribution in [0.5, 0.6) is 5.75 Å². The summed E-state index contributed by atoms with van der Waals surface area (Å²) in [5.74, 6) is -0.188. The molecule has 0 saturated heterocycles. The van der Waals surface area contributed by atoms with E-state index in [0.717, 1.165) is 0 Å². The molecular weight excluding hydrogens is 302 g/mol. The van der Waals surface area contributed by atoms with Gasteiger partial charge in [-0.25, -0.2) is 8.42 Å². The fourth-order valence-electron chi connectivity index (χ4n) is 1.60. The maximum absolute atomic E-state index is 11.4. The van der Waals surface area contributed by atoms with Gasteiger partial charge in [-0.15, -0.1) is 0 Å². The lowest BCUT2D eigenvalue weighted by molar-refractivity contribution is -0.124. The second kappa shape index (κ2) is 5.61. The lowest BCUT2D eigenvalue weighted by Gasteiger charge is -2.24. The third-order valence-electron chi connectivity index (χ3n) is 2.74. The van der Waals surface area contributed by atoms with Crippen molar-refractivity contribution in [1.29, 1.82) is 0 Å². The van der Waals surface area contributed by atoms with E-state index in [-0.39, 0.29) is 10.3 Å². The molecule has 1 rings (SSSR count). The zero-order chi connectivity index (χ0) is 15.7. The molecule has 20 heavy (non-hydrogen) atoms. The van der Waals surface area contributed by atoms with Crippen LogP contribution in [-0.4, -0.2) is 20.4 Å². The Labute approximate surface area is 123 Å². The lowest BCUT2D eigenvalue weighted by atomic mass is 9.86. The first-order chi connectivity index (χ1) is 8.93. The summed E-state index contributed by atoms with van der Waals surface area (Å²) in [6, 6.07) is 4.27. The van der Waals surface area contributed by atoms with Crippen LogP contribution >= 0.6 is 10.7 Å². The van der Waals surface area contributed by atoms with Crippen LogP contribution in [0, 0.1) is 0 Å². The number of halogens is 1. The molecule has 0 aliphatic heterocycles. The van der Waals surface area contributed by atoms with Gasteiger partial charge in [0.15, 0.2) is 6.10 Å². The molecule has 0 saturated carbocycles. The van der Waals surface area contributed by atoms with Crippen molar-refractivity contribution >= 4 is 25.6 Å². The zero-order valence-electron chi connectivity index (χ0n) is 11.8. The topological polar surface area (TPSA) is 86.5 Å². The summed E-state index contributed by atoms with van der Waals surface area (Å²) in [6.45, 7) is 7.22. The molecule has 1 amide bonds. The first-order valence-corrected chi connectivity index (χ1v) is 8.29. The van der Waals surface area contributed by atoms with E-state index in [4.69, 9.17) is 21.2 Å². The summed E-state index contributed by atoms with van der Waals surface area (Å²) >= 11 is 0. The quantitative estimate of drug-likeness (QED) is 0.862. The number of amides is 1. The number of carbonyl (C=O) groups is 1. The smallest absolute Gasteiger partial charge is 0.261 e. The lowest BCUT2D eigenvalue weighted by Crippen LogP contribution is -2.31. The van der Waals surface area contributed by atoms with E-state index in [1.54, 1.807) is 0 Å². The highest BCUT2D eigenvalue weighted by Crippen LogP contribution is 2.34. The Kier molecular flexibility index (Phi) is 4.71. The van der Waals surface area contributed by atoms with Crippen LogP contribution < -0.4 is 10.5 Å². The van der Waals surface area contributed by atoms with Gasteiger partial charge in [0.05, 0.1) is 4.90 Å². The molecule has 1 unspecified atom stereocenters. The standard InChI is InChI=1S/C13H18ClNO4S/c1-8(12(15)16)19-11-6-5-9(20(14,17)18)7-10(11)13(2,3)4/h5-8H,1-4H3,(H2,15,16). The molecule has 1 atom stereocenters. The molecule has 0 aliphatic carbocycles. The minimum atomic E-state index is -3.82. The van der Waals surface area contributed by atoms with Crippen molar-refractivity contribution in [3.63, 3.8) is 0 Å². The van der Waals surface area contributed by atoms with Crippen molar-refractivity contribution < 1.29 is 17.9 Å². The van der Waals surface area contributed by atoms with Gasteiger partial charge in [0.2, 0.25) is 0 Å². The fourth-order valence-corrected chi connectivity index (χ4v) is 2.38. The van der Waals surface area contributed by atoms with Gasteiger partial charge in [-0.3, -0.25) is 4.79 Å². The Morgan fingerprint density at radius 2 is 1.90 bits per heavy atom. The molecule has 0 bridgehead atoms. The molecule has 112 valence electrons. The van der Waals surface area contributed by atoms with Crippen molar-refractivity contribution in [1.82, 2.24) is 0 Å². The Hall–Kier alpha value is -1.27. The number of nitrogens with two attached hydrogens (primary N) is 1. The number of primary amides is 1. The van der Waals surface area contributed by atoms with E-state index in [1.807, 2.05) is 20.8 Å². The van der Waals surface area contributed by atoms with Crippen molar-refractivity contribution in [3.05, 3.63) is 23.8 Å². The van der Waals surface area contributed by atoms with E-state index < -0.39 is 21.1 Å². The van der Waals surface area contributed by atoms with E-state index in [2.05, 4.69) is 0 Å². The molecule has 0 heterocycles. The number of carbonyl (C=O) groups excluding carboxylic acids is 1. The third kappa shape index (κ3) is 4.11. The van der Waals surface area contributed by atoms with Crippen molar-refractivity contribution in [3.8, 4) is 5.75 Å². The Morgan fingerprint density at radius 1 is 1.35 bits per heavy atom. The predicted molar refractivity (Wildman–Crippen MR) is 77.5 cm³/mol. The van der Waals surface area contributed by atoms with Crippen molar-refractivity contribution in [2.45, 2.75) is 44.1 Å². The minimum absolute atomic E-state index is 0.0110. The van der Waals surface area contributed by atoms with Gasteiger partial charge in [-0.2, -0.15) is 0 Å². The van der Waals surface area contributed by atoms with Crippen LogP contribution in [0.15, 0.2) is 23.1 Å². The second-order valence-electron chi connectivity index (χ2n) is 5.51. The number of rotatable bonds is 4. The third-order valence-corrected chi connectivity index (χ3v) is 4.10. The van der Waals surface area contributed by atoms with Crippen LogP contribution in [0.25, 0.3) is 0 Å². The van der Waals surface area contributed by atoms with Gasteiger partial charge >= 0.3 is 0 Å². The Morgan fingerprint density at radius 3 is 2.30 bits per heavy atom. The predicted octanol–water partition coefficient (Wildman–Crippen LogP) is 2.16. The molecule has 0 spiro atoms. The number of hydrogen-bond donors (Lipinski definition) is 1. The monoisotopic (exact) mass is 319 g/mol. The fraction of sp³-hybridized carbons (Fsp3) is 0.462. The van der Waals surface area contributed by atoms with Gasteiger partial charge in [-0.05, 0) is 30.5 Å². The summed E-state index contributed by atoms with van der Waals surface area (Å²) in [6.07, 6.45) is -0.811. The summed E-state index contributed by atoms with van der Waals surface area (Å²) in [5.41, 5.74) is 5.41. The first kappa shape index (κ1) is 16.8. The van der Waals surface area contributed by atoms with E-state index in [1.165, 1.54) is 25.1 Å². The molecule has 1 aromatic carbocycles. The Balaban J connectivity index is 3.36. The summed E-state index contributed by atoms with van der Waals surface area (Å²) in [4.78, 5) is 11.1. The van der Waals surface area contributed by atoms with Crippen molar-refractivity contribution in [2.24, 2.45) is 5.73 Å². The van der Waals surface area contributed by atoms with Gasteiger partial charge < -0.3 is 10.5 Å². The SMILES string of the molecule is CC(Oc1ccc(S(=O)(=O)Cl)cc1C(C)(C)C)C(N)=O. The molecule has 2 N–H and O–H groups in total. The largest absolute Gasteiger partial charge is 0.481 e. The van der Waals surface area contributed by atoms with Crippen LogP contribution in [0.3, 0.4) is 0 Å². The highest BCUT2D eigenvalue weighted by atomic mass is 35.7. The van der Waals surface area contributed by atoms with Crippen LogP contribution in [0.1, 0.15) is 33.3 Å². The number of benzene rings is 1. The first-order valence-electron chi connectivity index (χ1n) is 5.98. The average molecular weight is 320 g/mol. The molecule has 0 fully saturated rings. The molecule has 0 radical (unpaired) electrons. The molecule has 0 aromatic heterocycles. The minimum Gasteiger partial charge on any atom is -0.481 e. The van der Waals surface area contributed by atoms with Gasteiger partial charge in [0.25, 0.3) is 15.0 Å². The zero-order valence-corrected chi connectivity index (χ0v) is 13.4. The molecule has 5 nitrogen and oxygen atoms in total. The average Bonchev–Trinajstić information content (AvgIpc) is 2.26.